The number of aliphatic carboxylic acids is 1. The van der Waals surface area contributed by atoms with Crippen LogP contribution in [0.1, 0.15) is 10.4 Å². The molecule has 98 valence electrons. The molecule has 0 heterocycles. The molecule has 0 aliphatic rings. The molecule has 0 saturated heterocycles. The van der Waals surface area contributed by atoms with Gasteiger partial charge in [0.25, 0.3) is 0 Å². The van der Waals surface area contributed by atoms with Gasteiger partial charge in [0.2, 0.25) is 0 Å². The predicted molar refractivity (Wildman–Crippen MR) is 80.0 cm³/mol. The van der Waals surface area contributed by atoms with Crippen molar-refractivity contribution in [3.05, 3.63) is 58.6 Å². The van der Waals surface area contributed by atoms with Crippen LogP contribution in [0.4, 0.5) is 0 Å². The normalized spacial score (nSPS) is 11.9. The first-order chi connectivity index (χ1) is 9.06. The highest BCUT2D eigenvalue weighted by molar-refractivity contribution is 9.10. The zero-order valence-electron chi connectivity index (χ0n) is 9.72. The summed E-state index contributed by atoms with van der Waals surface area (Å²) in [6.45, 7) is 0. The minimum absolute atomic E-state index is 0.602. The van der Waals surface area contributed by atoms with Crippen molar-refractivity contribution in [3.8, 4) is 11.5 Å². The van der Waals surface area contributed by atoms with E-state index >= 15 is 0 Å². The van der Waals surface area contributed by atoms with Crippen LogP contribution in [0.15, 0.2) is 53.0 Å². The van der Waals surface area contributed by atoms with Gasteiger partial charge in [0.15, 0.2) is 0 Å². The van der Waals surface area contributed by atoms with E-state index in [0.29, 0.717) is 17.1 Å². The molecule has 0 unspecified atom stereocenters. The van der Waals surface area contributed by atoms with Gasteiger partial charge in [0.1, 0.15) is 16.3 Å². The molecule has 0 bridgehead atoms. The van der Waals surface area contributed by atoms with E-state index in [1.807, 2.05) is 24.3 Å². The van der Waals surface area contributed by atoms with Crippen molar-refractivity contribution >= 4 is 37.8 Å². The van der Waals surface area contributed by atoms with E-state index in [9.17, 15) is 4.79 Å². The van der Waals surface area contributed by atoms with Crippen LogP contribution in [0.3, 0.4) is 0 Å². The van der Waals surface area contributed by atoms with Gasteiger partial charge in [-0.25, -0.2) is 0 Å². The van der Waals surface area contributed by atoms with E-state index in [1.54, 1.807) is 24.3 Å². The van der Waals surface area contributed by atoms with Crippen LogP contribution < -0.4 is 4.74 Å². The Labute approximate surface area is 127 Å². The van der Waals surface area contributed by atoms with Crippen LogP contribution in [0.2, 0.25) is 0 Å². The first kappa shape index (κ1) is 14.1. The summed E-state index contributed by atoms with van der Waals surface area (Å²) in [5.41, 5.74) is 0.641. The van der Waals surface area contributed by atoms with Crippen LogP contribution in [-0.4, -0.2) is 11.1 Å². The highest BCUT2D eigenvalue weighted by Gasteiger charge is 2.16. The van der Waals surface area contributed by atoms with Crippen molar-refractivity contribution in [2.45, 2.75) is 4.83 Å². The first-order valence-corrected chi connectivity index (χ1v) is 7.17. The lowest BCUT2D eigenvalue weighted by Crippen LogP contribution is -2.04. The highest BCUT2D eigenvalue weighted by atomic mass is 79.9. The Bertz CT molecular complexity index is 581. The van der Waals surface area contributed by atoms with E-state index in [0.717, 1.165) is 4.47 Å². The molecule has 0 fully saturated rings. The van der Waals surface area contributed by atoms with E-state index < -0.39 is 10.8 Å². The number of ether oxygens (including phenoxy) is 1. The van der Waals surface area contributed by atoms with E-state index in [-0.39, 0.29) is 0 Å². The minimum atomic E-state index is -0.930. The Morgan fingerprint density at radius 2 is 1.79 bits per heavy atom. The Morgan fingerprint density at radius 1 is 1.11 bits per heavy atom. The smallest absolute Gasteiger partial charge is 0.321 e. The van der Waals surface area contributed by atoms with Crippen molar-refractivity contribution in [2.75, 3.05) is 0 Å². The third kappa shape index (κ3) is 3.81. The second-order valence-corrected chi connectivity index (χ2v) is 5.66. The fourth-order valence-electron chi connectivity index (χ4n) is 1.52. The number of carboxylic acids is 1. The van der Waals surface area contributed by atoms with Gasteiger partial charge in [-0.3, -0.25) is 4.79 Å². The molecule has 1 N–H and O–H groups in total. The molecule has 1 atom stereocenters. The summed E-state index contributed by atoms with van der Waals surface area (Å²) >= 11 is 6.47. The maximum absolute atomic E-state index is 10.9. The standard InChI is InChI=1S/C14H10Br2O3/c15-10-4-6-11(7-5-10)19-12-3-1-2-9(8-12)13(16)14(17)18/h1-8,13H,(H,17,18)/t13-/m0/s1. The number of carboxylic acid groups (broad SMARTS) is 1. The van der Waals surface area contributed by atoms with Gasteiger partial charge in [0.05, 0.1) is 0 Å². The fourth-order valence-corrected chi connectivity index (χ4v) is 2.07. The second kappa shape index (κ2) is 6.21. The third-order valence-electron chi connectivity index (χ3n) is 2.42. The van der Waals surface area contributed by atoms with Crippen LogP contribution in [-0.2, 0) is 4.79 Å². The predicted octanol–water partition coefficient (Wildman–Crippen LogP) is 4.76. The maximum Gasteiger partial charge on any atom is 0.321 e. The molecule has 0 aliphatic carbocycles. The molecular weight excluding hydrogens is 376 g/mol. The maximum atomic E-state index is 10.9. The number of carbonyl (C=O) groups is 1. The zero-order chi connectivity index (χ0) is 13.8. The molecule has 0 aromatic heterocycles. The van der Waals surface area contributed by atoms with Crippen LogP contribution in [0, 0.1) is 0 Å². The summed E-state index contributed by atoms with van der Waals surface area (Å²) in [4.78, 5) is 10.2. The largest absolute Gasteiger partial charge is 0.480 e. The average Bonchev–Trinajstić information content (AvgIpc) is 2.41. The van der Waals surface area contributed by atoms with Crippen LogP contribution in [0.5, 0.6) is 11.5 Å². The lowest BCUT2D eigenvalue weighted by atomic mass is 10.1. The van der Waals surface area contributed by atoms with Crippen LogP contribution >= 0.6 is 31.9 Å². The van der Waals surface area contributed by atoms with Gasteiger partial charge in [-0.05, 0) is 42.0 Å². The number of halogens is 2. The molecular formula is C14H10Br2O3. The number of benzene rings is 2. The summed E-state index contributed by atoms with van der Waals surface area (Å²) in [7, 11) is 0. The number of hydrogen-bond acceptors (Lipinski definition) is 2. The molecule has 5 heteroatoms. The van der Waals surface area contributed by atoms with Gasteiger partial charge < -0.3 is 9.84 Å². The van der Waals surface area contributed by atoms with Gasteiger partial charge in [-0.2, -0.15) is 0 Å². The Balaban J connectivity index is 2.19. The molecule has 0 spiro atoms. The van der Waals surface area contributed by atoms with E-state index in [4.69, 9.17) is 9.84 Å². The monoisotopic (exact) mass is 384 g/mol. The number of hydrogen-bond donors (Lipinski definition) is 1. The highest BCUT2D eigenvalue weighted by Crippen LogP contribution is 2.29. The van der Waals surface area contributed by atoms with Crippen molar-refractivity contribution in [3.63, 3.8) is 0 Å². The van der Waals surface area contributed by atoms with Crippen molar-refractivity contribution in [2.24, 2.45) is 0 Å². The zero-order valence-corrected chi connectivity index (χ0v) is 12.9. The molecule has 0 saturated carbocycles. The molecule has 2 rings (SSSR count). The molecule has 2 aromatic rings. The quantitative estimate of drug-likeness (QED) is 0.771. The second-order valence-electron chi connectivity index (χ2n) is 3.83. The number of rotatable bonds is 4. The first-order valence-electron chi connectivity index (χ1n) is 5.46. The van der Waals surface area contributed by atoms with E-state index in [1.165, 1.54) is 0 Å². The van der Waals surface area contributed by atoms with Crippen molar-refractivity contribution in [1.29, 1.82) is 0 Å². The van der Waals surface area contributed by atoms with Crippen LogP contribution in [0.25, 0.3) is 0 Å². The molecule has 2 aromatic carbocycles. The summed E-state index contributed by atoms with van der Waals surface area (Å²) in [5.74, 6) is 0.369. The Kier molecular flexibility index (Phi) is 4.61. The molecule has 19 heavy (non-hydrogen) atoms. The topological polar surface area (TPSA) is 46.5 Å². The molecule has 0 radical (unpaired) electrons. The average molecular weight is 386 g/mol. The summed E-state index contributed by atoms with van der Waals surface area (Å²) in [6, 6.07) is 14.4. The molecule has 3 nitrogen and oxygen atoms in total. The number of alkyl halides is 1. The SMILES string of the molecule is O=C(O)[C@@H](Br)c1cccc(Oc2ccc(Br)cc2)c1. The molecule has 0 amide bonds. The summed E-state index contributed by atoms with van der Waals surface area (Å²) in [5, 5.41) is 8.95. The summed E-state index contributed by atoms with van der Waals surface area (Å²) < 4.78 is 6.64. The van der Waals surface area contributed by atoms with Gasteiger partial charge in [-0.15, -0.1) is 0 Å². The Hall–Kier alpha value is -1.33. The lowest BCUT2D eigenvalue weighted by Gasteiger charge is -2.09. The van der Waals surface area contributed by atoms with Gasteiger partial charge >= 0.3 is 5.97 Å². The van der Waals surface area contributed by atoms with Gasteiger partial charge in [-0.1, -0.05) is 44.0 Å². The Morgan fingerprint density at radius 3 is 2.42 bits per heavy atom. The minimum Gasteiger partial charge on any atom is -0.480 e. The third-order valence-corrected chi connectivity index (χ3v) is 3.87. The van der Waals surface area contributed by atoms with E-state index in [2.05, 4.69) is 31.9 Å². The molecule has 0 aliphatic heterocycles. The fraction of sp³-hybridized carbons (Fsp3) is 0.0714. The summed E-state index contributed by atoms with van der Waals surface area (Å²) in [6.07, 6.45) is 0. The van der Waals surface area contributed by atoms with Crippen molar-refractivity contribution in [1.82, 2.24) is 0 Å². The van der Waals surface area contributed by atoms with Crippen molar-refractivity contribution < 1.29 is 14.6 Å². The lowest BCUT2D eigenvalue weighted by molar-refractivity contribution is -0.136. The van der Waals surface area contributed by atoms with Gasteiger partial charge in [0, 0.05) is 4.47 Å².